The molecule has 0 saturated heterocycles. The van der Waals surface area contributed by atoms with Crippen molar-refractivity contribution in [1.29, 1.82) is 0 Å². The first-order valence-corrected chi connectivity index (χ1v) is 8.17. The Morgan fingerprint density at radius 1 is 1.19 bits per heavy atom. The number of sulfonamides is 1. The van der Waals surface area contributed by atoms with Gasteiger partial charge in [-0.05, 0) is 39.4 Å². The summed E-state index contributed by atoms with van der Waals surface area (Å²) in [7, 11) is -1.95. The van der Waals surface area contributed by atoms with Crippen LogP contribution in [0.4, 0.5) is 0 Å². The molecule has 0 unspecified atom stereocenters. The SMILES string of the molecule is CNCC(=O)NCc1ccccc1S(=O)(=O)NC(C)(C)C. The third kappa shape index (κ3) is 5.82. The molecule has 7 heteroatoms. The molecule has 21 heavy (non-hydrogen) atoms. The fraction of sp³-hybridized carbons (Fsp3) is 0.500. The van der Waals surface area contributed by atoms with Gasteiger partial charge in [0.05, 0.1) is 11.4 Å². The van der Waals surface area contributed by atoms with Crippen LogP contribution in [0.2, 0.25) is 0 Å². The normalized spacial score (nSPS) is 12.2. The zero-order valence-electron chi connectivity index (χ0n) is 12.9. The summed E-state index contributed by atoms with van der Waals surface area (Å²) in [5.74, 6) is -0.187. The van der Waals surface area contributed by atoms with Crippen LogP contribution in [0.1, 0.15) is 26.3 Å². The van der Waals surface area contributed by atoms with E-state index in [0.29, 0.717) is 5.56 Å². The number of carbonyl (C=O) groups excluding carboxylic acids is 1. The van der Waals surface area contributed by atoms with Gasteiger partial charge in [-0.15, -0.1) is 0 Å². The van der Waals surface area contributed by atoms with E-state index in [1.807, 2.05) is 0 Å². The molecule has 0 radical (unpaired) electrons. The first-order chi connectivity index (χ1) is 9.65. The van der Waals surface area contributed by atoms with Gasteiger partial charge in [0.25, 0.3) is 0 Å². The second-order valence-electron chi connectivity index (χ2n) is 5.77. The highest BCUT2D eigenvalue weighted by molar-refractivity contribution is 7.89. The maximum Gasteiger partial charge on any atom is 0.241 e. The average molecular weight is 313 g/mol. The Bertz CT molecular complexity index is 592. The van der Waals surface area contributed by atoms with Gasteiger partial charge in [0.15, 0.2) is 0 Å². The van der Waals surface area contributed by atoms with Crippen LogP contribution < -0.4 is 15.4 Å². The molecule has 0 aliphatic heterocycles. The topological polar surface area (TPSA) is 87.3 Å². The number of hydrogen-bond acceptors (Lipinski definition) is 4. The summed E-state index contributed by atoms with van der Waals surface area (Å²) in [5.41, 5.74) is -0.0138. The Hall–Kier alpha value is -1.44. The summed E-state index contributed by atoms with van der Waals surface area (Å²) >= 11 is 0. The summed E-state index contributed by atoms with van der Waals surface area (Å²) in [6, 6.07) is 6.64. The zero-order valence-corrected chi connectivity index (χ0v) is 13.7. The summed E-state index contributed by atoms with van der Waals surface area (Å²) in [4.78, 5) is 11.7. The van der Waals surface area contributed by atoms with E-state index >= 15 is 0 Å². The van der Waals surface area contributed by atoms with Crippen LogP contribution in [0.3, 0.4) is 0 Å². The maximum absolute atomic E-state index is 12.4. The highest BCUT2D eigenvalue weighted by Crippen LogP contribution is 2.17. The smallest absolute Gasteiger partial charge is 0.241 e. The predicted octanol–water partition coefficient (Wildman–Crippen LogP) is 0.599. The van der Waals surface area contributed by atoms with Crippen LogP contribution in [-0.2, 0) is 21.4 Å². The molecule has 1 amide bonds. The number of carbonyl (C=O) groups is 1. The molecule has 1 rings (SSSR count). The van der Waals surface area contributed by atoms with Crippen LogP contribution in [-0.4, -0.2) is 33.5 Å². The fourth-order valence-corrected chi connectivity index (χ4v) is 3.45. The summed E-state index contributed by atoms with van der Waals surface area (Å²) in [5, 5.41) is 5.42. The quantitative estimate of drug-likeness (QED) is 0.718. The molecule has 0 heterocycles. The minimum Gasteiger partial charge on any atom is -0.351 e. The third-order valence-corrected chi connectivity index (χ3v) is 4.37. The van der Waals surface area contributed by atoms with Crippen molar-refractivity contribution in [3.8, 4) is 0 Å². The van der Waals surface area contributed by atoms with Crippen LogP contribution in [0.5, 0.6) is 0 Å². The van der Waals surface area contributed by atoms with Crippen LogP contribution in [0.15, 0.2) is 29.2 Å². The monoisotopic (exact) mass is 313 g/mol. The van der Waals surface area contributed by atoms with Gasteiger partial charge in [0.1, 0.15) is 0 Å². The number of benzene rings is 1. The van der Waals surface area contributed by atoms with Crippen molar-refractivity contribution in [3.05, 3.63) is 29.8 Å². The third-order valence-electron chi connectivity index (χ3n) is 2.52. The van der Waals surface area contributed by atoms with Crippen molar-refractivity contribution >= 4 is 15.9 Å². The van der Waals surface area contributed by atoms with Gasteiger partial charge in [0.2, 0.25) is 15.9 Å². The Balaban J connectivity index is 2.96. The summed E-state index contributed by atoms with van der Waals surface area (Å²) in [6.07, 6.45) is 0. The Kier molecular flexibility index (Phi) is 5.88. The van der Waals surface area contributed by atoms with Crippen molar-refractivity contribution in [2.45, 2.75) is 37.8 Å². The first kappa shape index (κ1) is 17.6. The van der Waals surface area contributed by atoms with Gasteiger partial charge in [0, 0.05) is 12.1 Å². The van der Waals surface area contributed by atoms with Gasteiger partial charge < -0.3 is 10.6 Å². The maximum atomic E-state index is 12.4. The minimum atomic E-state index is -3.63. The van der Waals surface area contributed by atoms with Gasteiger partial charge in [-0.2, -0.15) is 0 Å². The summed E-state index contributed by atoms with van der Waals surface area (Å²) < 4.78 is 27.4. The molecule has 0 spiro atoms. The molecular formula is C14H23N3O3S. The van der Waals surface area contributed by atoms with E-state index in [0.717, 1.165) is 0 Å². The molecule has 0 aliphatic carbocycles. The van der Waals surface area contributed by atoms with Crippen molar-refractivity contribution in [2.24, 2.45) is 0 Å². The number of hydrogen-bond donors (Lipinski definition) is 3. The lowest BCUT2D eigenvalue weighted by Crippen LogP contribution is -2.41. The van der Waals surface area contributed by atoms with E-state index < -0.39 is 15.6 Å². The van der Waals surface area contributed by atoms with E-state index in [1.165, 1.54) is 6.07 Å². The molecule has 0 saturated carbocycles. The molecule has 0 aliphatic rings. The molecule has 1 aromatic rings. The standard InChI is InChI=1S/C14H23N3O3S/c1-14(2,3)17-21(19,20)12-8-6-5-7-11(12)9-16-13(18)10-15-4/h5-8,15,17H,9-10H2,1-4H3,(H,16,18). The van der Waals surface area contributed by atoms with Crippen LogP contribution in [0, 0.1) is 0 Å². The largest absolute Gasteiger partial charge is 0.351 e. The van der Waals surface area contributed by atoms with Crippen molar-refractivity contribution in [3.63, 3.8) is 0 Å². The number of nitrogens with one attached hydrogen (secondary N) is 3. The lowest BCUT2D eigenvalue weighted by Gasteiger charge is -2.21. The van der Waals surface area contributed by atoms with Gasteiger partial charge >= 0.3 is 0 Å². The lowest BCUT2D eigenvalue weighted by molar-refractivity contribution is -0.120. The molecular weight excluding hydrogens is 290 g/mol. The average Bonchev–Trinajstić information content (AvgIpc) is 2.34. The van der Waals surface area contributed by atoms with E-state index in [9.17, 15) is 13.2 Å². The highest BCUT2D eigenvalue weighted by Gasteiger charge is 2.24. The molecule has 118 valence electrons. The second-order valence-corrected chi connectivity index (χ2v) is 7.42. The Morgan fingerprint density at radius 3 is 2.38 bits per heavy atom. The Labute approximate surface area is 126 Å². The molecule has 1 aromatic carbocycles. The van der Waals surface area contributed by atoms with Gasteiger partial charge in [-0.1, -0.05) is 18.2 Å². The number of rotatable bonds is 6. The first-order valence-electron chi connectivity index (χ1n) is 6.69. The Morgan fingerprint density at radius 2 is 1.81 bits per heavy atom. The van der Waals surface area contributed by atoms with E-state index in [1.54, 1.807) is 46.0 Å². The zero-order chi connectivity index (χ0) is 16.1. The van der Waals surface area contributed by atoms with E-state index in [-0.39, 0.29) is 23.9 Å². The number of likely N-dealkylation sites (N-methyl/N-ethyl adjacent to an activating group) is 1. The van der Waals surface area contributed by atoms with E-state index in [2.05, 4.69) is 15.4 Å². The molecule has 0 bridgehead atoms. The minimum absolute atomic E-state index is 0.168. The lowest BCUT2D eigenvalue weighted by atomic mass is 10.1. The summed E-state index contributed by atoms with van der Waals surface area (Å²) in [6.45, 7) is 5.70. The molecule has 3 N–H and O–H groups in total. The van der Waals surface area contributed by atoms with Gasteiger partial charge in [-0.3, -0.25) is 4.79 Å². The highest BCUT2D eigenvalue weighted by atomic mass is 32.2. The van der Waals surface area contributed by atoms with Crippen LogP contribution >= 0.6 is 0 Å². The molecule has 0 aromatic heterocycles. The molecule has 0 atom stereocenters. The molecule has 6 nitrogen and oxygen atoms in total. The fourth-order valence-electron chi connectivity index (χ4n) is 1.79. The van der Waals surface area contributed by atoms with Crippen molar-refractivity contribution in [2.75, 3.05) is 13.6 Å². The molecule has 0 fully saturated rings. The predicted molar refractivity (Wildman–Crippen MR) is 82.3 cm³/mol. The van der Waals surface area contributed by atoms with Crippen molar-refractivity contribution < 1.29 is 13.2 Å². The van der Waals surface area contributed by atoms with E-state index in [4.69, 9.17) is 0 Å². The second kappa shape index (κ2) is 7.02. The van der Waals surface area contributed by atoms with Crippen LogP contribution in [0.25, 0.3) is 0 Å². The van der Waals surface area contributed by atoms with Gasteiger partial charge in [-0.25, -0.2) is 13.1 Å². The van der Waals surface area contributed by atoms with Crippen molar-refractivity contribution in [1.82, 2.24) is 15.4 Å². The number of amides is 1.